The number of ketones is 1. The third kappa shape index (κ3) is 4.28. The van der Waals surface area contributed by atoms with E-state index < -0.39 is 0 Å². The standard InChI is InChI=1S/C18H22O4/c1-13(19)22-18-10-6-9-15(16(18)12-21-2)11-17(20)14-7-4-3-5-8-14/h3-5,7-8,15H,6,9-12H2,1-2H3. The molecule has 1 atom stereocenters. The maximum atomic E-state index is 12.4. The number of esters is 1. The minimum Gasteiger partial charge on any atom is -0.431 e. The van der Waals surface area contributed by atoms with Gasteiger partial charge >= 0.3 is 5.97 Å². The van der Waals surface area contributed by atoms with E-state index in [0.717, 1.165) is 30.4 Å². The quantitative estimate of drug-likeness (QED) is 0.596. The third-order valence-corrected chi connectivity index (χ3v) is 3.90. The van der Waals surface area contributed by atoms with Crippen LogP contribution in [0.2, 0.25) is 0 Å². The molecule has 0 bridgehead atoms. The average Bonchev–Trinajstić information content (AvgIpc) is 2.51. The number of rotatable bonds is 6. The van der Waals surface area contributed by atoms with Gasteiger partial charge in [-0.1, -0.05) is 30.3 Å². The molecule has 1 aliphatic carbocycles. The molecule has 4 nitrogen and oxygen atoms in total. The van der Waals surface area contributed by atoms with Crippen LogP contribution in [0, 0.1) is 5.92 Å². The third-order valence-electron chi connectivity index (χ3n) is 3.90. The Balaban J connectivity index is 2.17. The van der Waals surface area contributed by atoms with E-state index in [1.165, 1.54) is 6.92 Å². The topological polar surface area (TPSA) is 52.6 Å². The van der Waals surface area contributed by atoms with E-state index in [-0.39, 0.29) is 17.7 Å². The number of carbonyl (C=O) groups is 2. The molecule has 0 fully saturated rings. The zero-order valence-corrected chi connectivity index (χ0v) is 13.1. The fourth-order valence-corrected chi connectivity index (χ4v) is 2.91. The number of methoxy groups -OCH3 is 1. The van der Waals surface area contributed by atoms with Gasteiger partial charge in [0.2, 0.25) is 0 Å². The Morgan fingerprint density at radius 1 is 1.23 bits per heavy atom. The monoisotopic (exact) mass is 302 g/mol. The van der Waals surface area contributed by atoms with Crippen molar-refractivity contribution in [2.75, 3.05) is 13.7 Å². The summed E-state index contributed by atoms with van der Waals surface area (Å²) in [7, 11) is 1.61. The molecule has 0 N–H and O–H groups in total. The van der Waals surface area contributed by atoms with E-state index in [2.05, 4.69) is 0 Å². The first-order valence-corrected chi connectivity index (χ1v) is 7.59. The van der Waals surface area contributed by atoms with Crippen LogP contribution in [-0.4, -0.2) is 25.5 Å². The highest BCUT2D eigenvalue weighted by molar-refractivity contribution is 5.96. The normalized spacial score (nSPS) is 18.2. The van der Waals surface area contributed by atoms with Gasteiger partial charge in [-0.2, -0.15) is 0 Å². The number of hydrogen-bond donors (Lipinski definition) is 0. The van der Waals surface area contributed by atoms with Gasteiger partial charge in [0, 0.05) is 32.4 Å². The van der Waals surface area contributed by atoms with Crippen LogP contribution < -0.4 is 0 Å². The molecular weight excluding hydrogens is 280 g/mol. The summed E-state index contributed by atoms with van der Waals surface area (Å²) in [5.41, 5.74) is 1.67. The molecule has 0 saturated carbocycles. The van der Waals surface area contributed by atoms with Crippen LogP contribution in [0.3, 0.4) is 0 Å². The summed E-state index contributed by atoms with van der Waals surface area (Å²) in [6.07, 6.45) is 2.99. The lowest BCUT2D eigenvalue weighted by Crippen LogP contribution is -2.21. The van der Waals surface area contributed by atoms with Crippen molar-refractivity contribution in [3.05, 3.63) is 47.2 Å². The van der Waals surface area contributed by atoms with Gasteiger partial charge in [0.15, 0.2) is 5.78 Å². The van der Waals surface area contributed by atoms with Crippen LogP contribution in [0.15, 0.2) is 41.7 Å². The van der Waals surface area contributed by atoms with Gasteiger partial charge in [0.05, 0.1) is 6.61 Å². The van der Waals surface area contributed by atoms with Crippen molar-refractivity contribution < 1.29 is 19.1 Å². The van der Waals surface area contributed by atoms with Crippen LogP contribution in [0.25, 0.3) is 0 Å². The van der Waals surface area contributed by atoms with Gasteiger partial charge in [-0.25, -0.2) is 0 Å². The molecular formula is C18H22O4. The first-order valence-electron chi connectivity index (χ1n) is 7.59. The predicted molar refractivity (Wildman–Crippen MR) is 83.4 cm³/mol. The molecule has 0 heterocycles. The highest BCUT2D eigenvalue weighted by Crippen LogP contribution is 2.34. The molecule has 0 radical (unpaired) electrons. The van der Waals surface area contributed by atoms with Gasteiger partial charge in [-0.3, -0.25) is 9.59 Å². The lowest BCUT2D eigenvalue weighted by Gasteiger charge is -2.27. The minimum atomic E-state index is -0.321. The van der Waals surface area contributed by atoms with Crippen LogP contribution in [0.1, 0.15) is 43.0 Å². The Labute approximate surface area is 131 Å². The van der Waals surface area contributed by atoms with Crippen molar-refractivity contribution in [2.24, 2.45) is 5.92 Å². The van der Waals surface area contributed by atoms with E-state index in [9.17, 15) is 9.59 Å². The molecule has 0 amide bonds. The van der Waals surface area contributed by atoms with Crippen molar-refractivity contribution in [3.8, 4) is 0 Å². The second-order valence-electron chi connectivity index (χ2n) is 5.56. The second-order valence-corrected chi connectivity index (χ2v) is 5.56. The Morgan fingerprint density at radius 3 is 2.59 bits per heavy atom. The van der Waals surface area contributed by atoms with Crippen LogP contribution in [0.5, 0.6) is 0 Å². The lowest BCUT2D eigenvalue weighted by molar-refractivity contribution is -0.137. The van der Waals surface area contributed by atoms with Gasteiger partial charge < -0.3 is 9.47 Å². The van der Waals surface area contributed by atoms with E-state index in [4.69, 9.17) is 9.47 Å². The molecule has 0 saturated heterocycles. The highest BCUT2D eigenvalue weighted by Gasteiger charge is 2.27. The van der Waals surface area contributed by atoms with Crippen LogP contribution in [-0.2, 0) is 14.3 Å². The largest absolute Gasteiger partial charge is 0.431 e. The van der Waals surface area contributed by atoms with Crippen LogP contribution >= 0.6 is 0 Å². The van der Waals surface area contributed by atoms with E-state index in [1.807, 2.05) is 30.3 Å². The van der Waals surface area contributed by atoms with E-state index >= 15 is 0 Å². The summed E-state index contributed by atoms with van der Waals surface area (Å²) >= 11 is 0. The number of hydrogen-bond acceptors (Lipinski definition) is 4. The summed E-state index contributed by atoms with van der Waals surface area (Å²) in [6.45, 7) is 1.80. The Kier molecular flexibility index (Phi) is 5.90. The molecule has 22 heavy (non-hydrogen) atoms. The zero-order valence-electron chi connectivity index (χ0n) is 13.1. The maximum absolute atomic E-state index is 12.4. The number of allylic oxidation sites excluding steroid dienone is 1. The summed E-state index contributed by atoms with van der Waals surface area (Å²) < 4.78 is 10.6. The molecule has 1 aliphatic rings. The van der Waals surface area contributed by atoms with Gasteiger partial charge in [0.1, 0.15) is 5.76 Å². The fraction of sp³-hybridized carbons (Fsp3) is 0.444. The van der Waals surface area contributed by atoms with Gasteiger partial charge in [-0.05, 0) is 24.3 Å². The van der Waals surface area contributed by atoms with E-state index in [0.29, 0.717) is 18.8 Å². The van der Waals surface area contributed by atoms with Gasteiger partial charge in [-0.15, -0.1) is 0 Å². The Bertz CT molecular complexity index is 560. The highest BCUT2D eigenvalue weighted by atomic mass is 16.5. The zero-order chi connectivity index (χ0) is 15.9. The van der Waals surface area contributed by atoms with Gasteiger partial charge in [0.25, 0.3) is 0 Å². The van der Waals surface area contributed by atoms with Crippen molar-refractivity contribution >= 4 is 11.8 Å². The molecule has 0 aromatic heterocycles. The number of ether oxygens (including phenoxy) is 2. The van der Waals surface area contributed by atoms with E-state index in [1.54, 1.807) is 7.11 Å². The van der Waals surface area contributed by atoms with Crippen LogP contribution in [0.4, 0.5) is 0 Å². The molecule has 1 unspecified atom stereocenters. The predicted octanol–water partition coefficient (Wildman–Crippen LogP) is 3.52. The first kappa shape index (κ1) is 16.4. The molecule has 1 aromatic rings. The molecule has 1 aromatic carbocycles. The summed E-state index contributed by atoms with van der Waals surface area (Å²) in [6, 6.07) is 9.29. The fourth-order valence-electron chi connectivity index (χ4n) is 2.91. The SMILES string of the molecule is COCC1=C(OC(C)=O)CCCC1CC(=O)c1ccccc1. The molecule has 0 spiro atoms. The molecule has 0 aliphatic heterocycles. The summed E-state index contributed by atoms with van der Waals surface area (Å²) in [5, 5.41) is 0. The molecule has 118 valence electrons. The lowest BCUT2D eigenvalue weighted by atomic mass is 9.82. The Hall–Kier alpha value is -1.94. The number of carbonyl (C=O) groups excluding carboxylic acids is 2. The molecule has 4 heteroatoms. The maximum Gasteiger partial charge on any atom is 0.307 e. The summed E-state index contributed by atoms with van der Waals surface area (Å²) in [4.78, 5) is 23.7. The average molecular weight is 302 g/mol. The summed E-state index contributed by atoms with van der Waals surface area (Å²) in [5.74, 6) is 0.559. The Morgan fingerprint density at radius 2 is 1.95 bits per heavy atom. The number of Topliss-reactive ketones (excluding diaryl/α,β-unsaturated/α-hetero) is 1. The first-order chi connectivity index (χ1) is 10.6. The molecule has 2 rings (SSSR count). The van der Waals surface area contributed by atoms with Crippen molar-refractivity contribution in [3.63, 3.8) is 0 Å². The minimum absolute atomic E-state index is 0.0794. The van der Waals surface area contributed by atoms with Crippen molar-refractivity contribution in [2.45, 2.75) is 32.6 Å². The smallest absolute Gasteiger partial charge is 0.307 e. The second kappa shape index (κ2) is 7.90. The van der Waals surface area contributed by atoms with Crippen molar-refractivity contribution in [1.82, 2.24) is 0 Å². The number of benzene rings is 1. The van der Waals surface area contributed by atoms with Crippen molar-refractivity contribution in [1.29, 1.82) is 0 Å².